The molecule has 1 heterocycles. The third-order valence-corrected chi connectivity index (χ3v) is 5.08. The molecule has 136 valence electrons. The second-order valence-corrected chi connectivity index (χ2v) is 7.75. The van der Waals surface area contributed by atoms with E-state index in [1.54, 1.807) is 32.4 Å². The first-order valence-corrected chi connectivity index (χ1v) is 9.54. The number of hydrogen-bond acceptors (Lipinski definition) is 8. The van der Waals surface area contributed by atoms with Crippen molar-refractivity contribution in [3.8, 4) is 11.5 Å². The standard InChI is InChI=1S/C16H22N4O3S2/c1-10(2)8-17-15-19-20-16(25-15)24-9-14(21)18-11-5-6-12(22-3)13(7-11)23-4/h5-7,10H,8-9H2,1-4H3,(H,17,19)(H,18,21). The number of carbonyl (C=O) groups excluding carboxylic acids is 1. The number of aromatic nitrogens is 2. The lowest BCUT2D eigenvalue weighted by molar-refractivity contribution is -0.113. The molecule has 2 rings (SSSR count). The van der Waals surface area contributed by atoms with Crippen LogP contribution in [-0.4, -0.2) is 42.6 Å². The Balaban J connectivity index is 1.84. The predicted octanol–water partition coefficient (Wildman–Crippen LogP) is 3.35. The largest absolute Gasteiger partial charge is 0.493 e. The van der Waals surface area contributed by atoms with Crippen molar-refractivity contribution in [2.45, 2.75) is 18.2 Å². The van der Waals surface area contributed by atoms with Crippen molar-refractivity contribution in [2.24, 2.45) is 5.92 Å². The van der Waals surface area contributed by atoms with Crippen LogP contribution in [0.25, 0.3) is 0 Å². The first-order valence-electron chi connectivity index (χ1n) is 7.74. The summed E-state index contributed by atoms with van der Waals surface area (Å²) in [4.78, 5) is 12.1. The highest BCUT2D eigenvalue weighted by atomic mass is 32.2. The lowest BCUT2D eigenvalue weighted by atomic mass is 10.2. The molecule has 0 bridgehead atoms. The molecule has 0 unspecified atom stereocenters. The summed E-state index contributed by atoms with van der Waals surface area (Å²) in [5.41, 5.74) is 0.653. The Kier molecular flexibility index (Phi) is 7.32. The maximum atomic E-state index is 12.1. The van der Waals surface area contributed by atoms with Crippen LogP contribution in [0.15, 0.2) is 22.5 Å². The maximum absolute atomic E-state index is 12.1. The fraction of sp³-hybridized carbons (Fsp3) is 0.438. The molecule has 1 aromatic carbocycles. The second-order valence-electron chi connectivity index (χ2n) is 5.55. The Labute approximate surface area is 155 Å². The van der Waals surface area contributed by atoms with E-state index < -0.39 is 0 Å². The second kappa shape index (κ2) is 9.47. The van der Waals surface area contributed by atoms with Crippen LogP contribution in [0.3, 0.4) is 0 Å². The van der Waals surface area contributed by atoms with Crippen LogP contribution in [0.4, 0.5) is 10.8 Å². The number of amides is 1. The zero-order valence-corrected chi connectivity index (χ0v) is 16.3. The summed E-state index contributed by atoms with van der Waals surface area (Å²) in [7, 11) is 3.12. The monoisotopic (exact) mass is 382 g/mol. The molecule has 7 nitrogen and oxygen atoms in total. The minimum absolute atomic E-state index is 0.121. The van der Waals surface area contributed by atoms with Crippen molar-refractivity contribution in [1.82, 2.24) is 10.2 Å². The summed E-state index contributed by atoms with van der Waals surface area (Å²) >= 11 is 2.80. The molecular formula is C16H22N4O3S2. The Morgan fingerprint density at radius 3 is 2.68 bits per heavy atom. The van der Waals surface area contributed by atoms with Gasteiger partial charge in [0.25, 0.3) is 0 Å². The van der Waals surface area contributed by atoms with Gasteiger partial charge in [-0.05, 0) is 18.1 Å². The van der Waals surface area contributed by atoms with E-state index in [0.717, 1.165) is 16.0 Å². The van der Waals surface area contributed by atoms with Crippen molar-refractivity contribution >= 4 is 39.8 Å². The van der Waals surface area contributed by atoms with Crippen LogP contribution < -0.4 is 20.1 Å². The van der Waals surface area contributed by atoms with Crippen molar-refractivity contribution < 1.29 is 14.3 Å². The van der Waals surface area contributed by atoms with Crippen LogP contribution in [-0.2, 0) is 4.79 Å². The molecule has 2 aromatic rings. The van der Waals surface area contributed by atoms with Crippen molar-refractivity contribution in [3.63, 3.8) is 0 Å². The van der Waals surface area contributed by atoms with Gasteiger partial charge in [-0.2, -0.15) is 0 Å². The first-order chi connectivity index (χ1) is 12.0. The molecule has 0 aliphatic rings. The molecule has 9 heteroatoms. The Morgan fingerprint density at radius 2 is 2.00 bits per heavy atom. The predicted molar refractivity (Wildman–Crippen MR) is 102 cm³/mol. The number of rotatable bonds is 9. The number of thioether (sulfide) groups is 1. The molecule has 0 saturated carbocycles. The van der Waals surface area contributed by atoms with E-state index in [4.69, 9.17) is 9.47 Å². The summed E-state index contributed by atoms with van der Waals surface area (Å²) in [5.74, 6) is 1.85. The van der Waals surface area contributed by atoms with E-state index in [1.807, 2.05) is 0 Å². The van der Waals surface area contributed by atoms with Gasteiger partial charge in [0.15, 0.2) is 15.8 Å². The van der Waals surface area contributed by atoms with Gasteiger partial charge < -0.3 is 20.1 Å². The normalized spacial score (nSPS) is 10.6. The van der Waals surface area contributed by atoms with Gasteiger partial charge in [0.1, 0.15) is 0 Å². The van der Waals surface area contributed by atoms with Crippen LogP contribution in [0.1, 0.15) is 13.8 Å². The highest BCUT2D eigenvalue weighted by molar-refractivity contribution is 8.01. The van der Waals surface area contributed by atoms with E-state index in [2.05, 4.69) is 34.7 Å². The van der Waals surface area contributed by atoms with E-state index in [-0.39, 0.29) is 11.7 Å². The number of ether oxygens (including phenoxy) is 2. The Morgan fingerprint density at radius 1 is 1.24 bits per heavy atom. The molecule has 0 radical (unpaired) electrons. The number of nitrogens with one attached hydrogen (secondary N) is 2. The lowest BCUT2D eigenvalue weighted by Gasteiger charge is -2.10. The third kappa shape index (κ3) is 6.09. The van der Waals surface area contributed by atoms with Crippen molar-refractivity contribution in [1.29, 1.82) is 0 Å². The first kappa shape index (κ1) is 19.3. The van der Waals surface area contributed by atoms with Crippen LogP contribution >= 0.6 is 23.1 Å². The Bertz CT molecular complexity index is 706. The quantitative estimate of drug-likeness (QED) is 0.643. The lowest BCUT2D eigenvalue weighted by Crippen LogP contribution is -2.14. The number of carbonyl (C=O) groups is 1. The van der Waals surface area contributed by atoms with Crippen LogP contribution in [0, 0.1) is 5.92 Å². The average Bonchev–Trinajstić information content (AvgIpc) is 3.06. The van der Waals surface area contributed by atoms with Crippen LogP contribution in [0.2, 0.25) is 0 Å². The van der Waals surface area contributed by atoms with E-state index in [1.165, 1.54) is 23.1 Å². The molecule has 0 spiro atoms. The fourth-order valence-corrected chi connectivity index (χ4v) is 3.43. The van der Waals surface area contributed by atoms with Gasteiger partial charge in [0.05, 0.1) is 20.0 Å². The highest BCUT2D eigenvalue weighted by Gasteiger charge is 2.10. The summed E-state index contributed by atoms with van der Waals surface area (Å²) in [5, 5.41) is 15.0. The highest BCUT2D eigenvalue weighted by Crippen LogP contribution is 2.30. The minimum atomic E-state index is -0.121. The number of methoxy groups -OCH3 is 2. The number of anilines is 2. The molecule has 0 fully saturated rings. The zero-order valence-electron chi connectivity index (χ0n) is 14.7. The maximum Gasteiger partial charge on any atom is 0.234 e. The van der Waals surface area contributed by atoms with Gasteiger partial charge in [-0.3, -0.25) is 4.79 Å². The molecule has 2 N–H and O–H groups in total. The third-order valence-electron chi connectivity index (χ3n) is 3.06. The molecule has 0 atom stereocenters. The van der Waals surface area contributed by atoms with E-state index >= 15 is 0 Å². The van der Waals surface area contributed by atoms with Gasteiger partial charge in [-0.25, -0.2) is 0 Å². The van der Waals surface area contributed by atoms with Gasteiger partial charge in [-0.1, -0.05) is 36.9 Å². The molecule has 0 aliphatic carbocycles. The molecule has 0 aliphatic heterocycles. The van der Waals surface area contributed by atoms with Gasteiger partial charge in [0.2, 0.25) is 11.0 Å². The van der Waals surface area contributed by atoms with E-state index in [9.17, 15) is 4.79 Å². The summed E-state index contributed by atoms with van der Waals surface area (Å²) in [6.07, 6.45) is 0. The van der Waals surface area contributed by atoms with Crippen LogP contribution in [0.5, 0.6) is 11.5 Å². The molecular weight excluding hydrogens is 360 g/mol. The minimum Gasteiger partial charge on any atom is -0.493 e. The van der Waals surface area contributed by atoms with Gasteiger partial charge in [0, 0.05) is 18.3 Å². The zero-order chi connectivity index (χ0) is 18.2. The van der Waals surface area contributed by atoms with Crippen molar-refractivity contribution in [3.05, 3.63) is 18.2 Å². The smallest absolute Gasteiger partial charge is 0.234 e. The molecule has 25 heavy (non-hydrogen) atoms. The molecule has 1 aromatic heterocycles. The number of nitrogens with zero attached hydrogens (tertiary/aromatic N) is 2. The summed E-state index contributed by atoms with van der Waals surface area (Å²) in [6.45, 7) is 5.10. The molecule has 0 saturated heterocycles. The number of benzene rings is 1. The SMILES string of the molecule is COc1ccc(NC(=O)CSc2nnc(NCC(C)C)s2)cc1OC. The Hall–Kier alpha value is -2.00. The molecule has 1 amide bonds. The van der Waals surface area contributed by atoms with Gasteiger partial charge >= 0.3 is 0 Å². The fourth-order valence-electron chi connectivity index (χ4n) is 1.87. The number of hydrogen-bond donors (Lipinski definition) is 2. The van der Waals surface area contributed by atoms with Crippen molar-refractivity contribution in [2.75, 3.05) is 37.2 Å². The van der Waals surface area contributed by atoms with Gasteiger partial charge in [-0.15, -0.1) is 10.2 Å². The summed E-state index contributed by atoms with van der Waals surface area (Å²) in [6, 6.07) is 5.24. The average molecular weight is 383 g/mol. The summed E-state index contributed by atoms with van der Waals surface area (Å²) < 4.78 is 11.2. The topological polar surface area (TPSA) is 85.4 Å². The van der Waals surface area contributed by atoms with E-state index in [0.29, 0.717) is 23.1 Å².